The summed E-state index contributed by atoms with van der Waals surface area (Å²) in [5, 5.41) is 21.4. The molecule has 3 heterocycles. The Kier molecular flexibility index (Phi) is 5.25. The lowest BCUT2D eigenvalue weighted by Crippen LogP contribution is -2.12. The number of anilines is 3. The standard InChI is InChI=1S/C22H18N10O/c1-15-25-20(13-21(26-15)31-11-3-10-24-31)27-17-6-8-18(9-7-17)28-22(33)16-4-2-5-19(12-16)32-14-23-29-30-32/h2-14H,1H3,(H,28,33)(H,25,26,27). The van der Waals surface area contributed by atoms with Crippen LogP contribution in [-0.2, 0) is 0 Å². The van der Waals surface area contributed by atoms with Gasteiger partial charge in [-0.3, -0.25) is 4.79 Å². The number of nitrogens with one attached hydrogen (secondary N) is 2. The van der Waals surface area contributed by atoms with Crippen LogP contribution in [0.5, 0.6) is 0 Å². The molecule has 162 valence electrons. The van der Waals surface area contributed by atoms with Crippen LogP contribution in [0, 0.1) is 6.92 Å². The number of rotatable bonds is 6. The quantitative estimate of drug-likeness (QED) is 0.414. The van der Waals surface area contributed by atoms with E-state index in [4.69, 9.17) is 0 Å². The normalized spacial score (nSPS) is 10.7. The lowest BCUT2D eigenvalue weighted by atomic mass is 10.2. The maximum Gasteiger partial charge on any atom is 0.255 e. The average Bonchev–Trinajstić information content (AvgIpc) is 3.55. The smallest absolute Gasteiger partial charge is 0.255 e. The first-order chi connectivity index (χ1) is 16.1. The molecule has 3 aromatic heterocycles. The molecule has 0 spiro atoms. The first kappa shape index (κ1) is 20.0. The van der Waals surface area contributed by atoms with E-state index < -0.39 is 0 Å². The van der Waals surface area contributed by atoms with Crippen LogP contribution in [0.15, 0.2) is 79.4 Å². The summed E-state index contributed by atoms with van der Waals surface area (Å²) in [6, 6.07) is 18.0. The average molecular weight is 438 g/mol. The third-order valence-corrected chi connectivity index (χ3v) is 4.70. The summed E-state index contributed by atoms with van der Waals surface area (Å²) in [6.07, 6.45) is 4.99. The van der Waals surface area contributed by atoms with Crippen LogP contribution < -0.4 is 10.6 Å². The molecule has 0 bridgehead atoms. The summed E-state index contributed by atoms with van der Waals surface area (Å²) in [7, 11) is 0. The summed E-state index contributed by atoms with van der Waals surface area (Å²) in [4.78, 5) is 21.5. The highest BCUT2D eigenvalue weighted by Gasteiger charge is 2.09. The number of tetrazole rings is 1. The number of benzene rings is 2. The van der Waals surface area contributed by atoms with Gasteiger partial charge in [0, 0.05) is 35.4 Å². The van der Waals surface area contributed by atoms with Crippen molar-refractivity contribution in [3.63, 3.8) is 0 Å². The molecule has 1 amide bonds. The Hall–Kier alpha value is -4.93. The molecular weight excluding hydrogens is 420 g/mol. The Morgan fingerprint density at radius 1 is 0.939 bits per heavy atom. The molecule has 0 aliphatic rings. The van der Waals surface area contributed by atoms with Crippen molar-refractivity contribution in [1.29, 1.82) is 0 Å². The summed E-state index contributed by atoms with van der Waals surface area (Å²) in [6.45, 7) is 1.82. The predicted molar refractivity (Wildman–Crippen MR) is 121 cm³/mol. The van der Waals surface area contributed by atoms with E-state index in [1.54, 1.807) is 29.1 Å². The van der Waals surface area contributed by atoms with E-state index in [9.17, 15) is 4.79 Å². The van der Waals surface area contributed by atoms with E-state index in [2.05, 4.69) is 41.2 Å². The van der Waals surface area contributed by atoms with E-state index in [0.29, 0.717) is 34.4 Å². The van der Waals surface area contributed by atoms with Crippen molar-refractivity contribution in [2.75, 3.05) is 10.6 Å². The SMILES string of the molecule is Cc1nc(Nc2ccc(NC(=O)c3cccc(-n4cnnn4)c3)cc2)cc(-n2cccn2)n1. The van der Waals surface area contributed by atoms with Gasteiger partial charge in [0.1, 0.15) is 18.0 Å². The van der Waals surface area contributed by atoms with Gasteiger partial charge in [0.2, 0.25) is 0 Å². The predicted octanol–water partition coefficient (Wildman–Crippen LogP) is 2.94. The molecule has 2 aromatic carbocycles. The second-order valence-electron chi connectivity index (χ2n) is 7.07. The first-order valence-electron chi connectivity index (χ1n) is 10.0. The maximum absolute atomic E-state index is 12.7. The van der Waals surface area contributed by atoms with Crippen LogP contribution >= 0.6 is 0 Å². The van der Waals surface area contributed by atoms with Crippen molar-refractivity contribution in [2.45, 2.75) is 6.92 Å². The molecule has 0 fully saturated rings. The highest BCUT2D eigenvalue weighted by atomic mass is 16.1. The van der Waals surface area contributed by atoms with Gasteiger partial charge in [-0.1, -0.05) is 6.07 Å². The topological polar surface area (TPSA) is 128 Å². The highest BCUT2D eigenvalue weighted by Crippen LogP contribution is 2.20. The molecule has 5 aromatic rings. The van der Waals surface area contributed by atoms with Crippen LogP contribution in [-0.4, -0.2) is 45.9 Å². The van der Waals surface area contributed by atoms with E-state index in [1.807, 2.05) is 55.6 Å². The molecule has 11 nitrogen and oxygen atoms in total. The number of hydrogen-bond donors (Lipinski definition) is 2. The van der Waals surface area contributed by atoms with E-state index in [1.165, 1.54) is 11.0 Å². The van der Waals surface area contributed by atoms with Crippen molar-refractivity contribution in [2.24, 2.45) is 0 Å². The lowest BCUT2D eigenvalue weighted by molar-refractivity contribution is 0.102. The Morgan fingerprint density at radius 3 is 2.55 bits per heavy atom. The lowest BCUT2D eigenvalue weighted by Gasteiger charge is -2.10. The van der Waals surface area contributed by atoms with Crippen molar-refractivity contribution in [3.05, 3.63) is 90.8 Å². The molecule has 0 aliphatic heterocycles. The summed E-state index contributed by atoms with van der Waals surface area (Å²) >= 11 is 0. The molecule has 5 rings (SSSR count). The number of hydrogen-bond acceptors (Lipinski definition) is 8. The minimum Gasteiger partial charge on any atom is -0.340 e. The second kappa shape index (κ2) is 8.67. The highest BCUT2D eigenvalue weighted by molar-refractivity contribution is 6.04. The van der Waals surface area contributed by atoms with Gasteiger partial charge in [-0.25, -0.2) is 19.3 Å². The Balaban J connectivity index is 1.28. The minimum absolute atomic E-state index is 0.235. The Bertz CT molecular complexity index is 1380. The zero-order valence-electron chi connectivity index (χ0n) is 17.5. The van der Waals surface area contributed by atoms with Crippen molar-refractivity contribution < 1.29 is 4.79 Å². The number of amides is 1. The molecule has 0 unspecified atom stereocenters. The number of nitrogens with zero attached hydrogens (tertiary/aromatic N) is 8. The fraction of sp³-hybridized carbons (Fsp3) is 0.0455. The zero-order valence-corrected chi connectivity index (χ0v) is 17.5. The number of aromatic nitrogens is 8. The van der Waals surface area contributed by atoms with E-state index in [0.717, 1.165) is 5.69 Å². The van der Waals surface area contributed by atoms with E-state index in [-0.39, 0.29) is 5.91 Å². The van der Waals surface area contributed by atoms with Crippen LogP contribution in [0.1, 0.15) is 16.2 Å². The van der Waals surface area contributed by atoms with Gasteiger partial charge in [0.05, 0.1) is 5.69 Å². The van der Waals surface area contributed by atoms with E-state index >= 15 is 0 Å². The van der Waals surface area contributed by atoms with Gasteiger partial charge in [-0.2, -0.15) is 5.10 Å². The largest absolute Gasteiger partial charge is 0.340 e. The zero-order chi connectivity index (χ0) is 22.6. The van der Waals surface area contributed by atoms with Gasteiger partial charge < -0.3 is 10.6 Å². The van der Waals surface area contributed by atoms with Crippen LogP contribution in [0.25, 0.3) is 11.5 Å². The maximum atomic E-state index is 12.7. The first-order valence-corrected chi connectivity index (χ1v) is 10.0. The molecule has 11 heteroatoms. The van der Waals surface area contributed by atoms with Crippen molar-refractivity contribution in [1.82, 2.24) is 40.0 Å². The van der Waals surface area contributed by atoms with Crippen LogP contribution in [0.2, 0.25) is 0 Å². The minimum atomic E-state index is -0.235. The van der Waals surface area contributed by atoms with Crippen molar-refractivity contribution >= 4 is 23.1 Å². The molecule has 0 saturated carbocycles. The summed E-state index contributed by atoms with van der Waals surface area (Å²) in [5.74, 6) is 1.70. The van der Waals surface area contributed by atoms with Gasteiger partial charge in [-0.05, 0) is 65.9 Å². The number of aryl methyl sites for hydroxylation is 1. The number of carbonyl (C=O) groups is 1. The second-order valence-corrected chi connectivity index (χ2v) is 7.07. The molecule has 0 aliphatic carbocycles. The number of carbonyl (C=O) groups excluding carboxylic acids is 1. The monoisotopic (exact) mass is 438 g/mol. The molecular formula is C22H18N10O. The van der Waals surface area contributed by atoms with Gasteiger partial charge in [-0.15, -0.1) is 5.10 Å². The van der Waals surface area contributed by atoms with Gasteiger partial charge in [0.15, 0.2) is 5.82 Å². The fourth-order valence-corrected chi connectivity index (χ4v) is 3.19. The molecule has 0 saturated heterocycles. The van der Waals surface area contributed by atoms with Crippen LogP contribution in [0.3, 0.4) is 0 Å². The third kappa shape index (κ3) is 4.56. The molecule has 33 heavy (non-hydrogen) atoms. The van der Waals surface area contributed by atoms with Crippen LogP contribution in [0.4, 0.5) is 17.2 Å². The third-order valence-electron chi connectivity index (χ3n) is 4.70. The summed E-state index contributed by atoms with van der Waals surface area (Å²) < 4.78 is 3.16. The molecule has 2 N–H and O–H groups in total. The molecule has 0 radical (unpaired) electrons. The van der Waals surface area contributed by atoms with Gasteiger partial charge in [0.25, 0.3) is 5.91 Å². The summed E-state index contributed by atoms with van der Waals surface area (Å²) in [5.41, 5.74) is 2.67. The molecule has 0 atom stereocenters. The van der Waals surface area contributed by atoms with Crippen molar-refractivity contribution in [3.8, 4) is 11.5 Å². The fourth-order valence-electron chi connectivity index (χ4n) is 3.19. The Morgan fingerprint density at radius 2 is 1.79 bits per heavy atom. The van der Waals surface area contributed by atoms with Gasteiger partial charge >= 0.3 is 0 Å². The Labute approximate surface area is 188 Å².